The monoisotopic (exact) mass is 224 g/mol. The highest BCUT2D eigenvalue weighted by Gasteiger charge is 2.38. The lowest BCUT2D eigenvalue weighted by Crippen LogP contribution is -2.48. The molecule has 2 N–H and O–H groups in total. The fourth-order valence-corrected chi connectivity index (χ4v) is 4.09. The van der Waals surface area contributed by atoms with Crippen molar-refractivity contribution in [3.05, 3.63) is 0 Å². The highest BCUT2D eigenvalue weighted by molar-refractivity contribution is 4.94. The summed E-state index contributed by atoms with van der Waals surface area (Å²) < 4.78 is 0. The van der Waals surface area contributed by atoms with Gasteiger partial charge in [0.15, 0.2) is 0 Å². The molecule has 1 unspecified atom stereocenters. The van der Waals surface area contributed by atoms with Crippen LogP contribution >= 0.6 is 0 Å². The predicted octanol–water partition coefficient (Wildman–Crippen LogP) is 2.54. The quantitative estimate of drug-likeness (QED) is 0.753. The summed E-state index contributed by atoms with van der Waals surface area (Å²) in [6.07, 6.45) is 5.35. The Bertz CT molecular complexity index is 223. The van der Waals surface area contributed by atoms with Gasteiger partial charge in [0.2, 0.25) is 0 Å². The third-order valence-corrected chi connectivity index (χ3v) is 4.09. The molecular weight excluding hydrogens is 196 g/mol. The smallest absolute Gasteiger partial charge is 0.0207 e. The topological polar surface area (TPSA) is 24.1 Å². The van der Waals surface area contributed by atoms with Gasteiger partial charge in [0.25, 0.3) is 0 Å². The Kier molecular flexibility index (Phi) is 3.33. The summed E-state index contributed by atoms with van der Waals surface area (Å²) >= 11 is 0. The fraction of sp³-hybridized carbons (Fsp3) is 1.00. The van der Waals surface area contributed by atoms with E-state index >= 15 is 0 Å². The van der Waals surface area contributed by atoms with Crippen LogP contribution in [0.15, 0.2) is 0 Å². The fourth-order valence-electron chi connectivity index (χ4n) is 4.09. The van der Waals surface area contributed by atoms with Gasteiger partial charge < -0.3 is 10.6 Å². The predicted molar refractivity (Wildman–Crippen MR) is 69.6 cm³/mol. The molecule has 1 heterocycles. The number of hydrogen-bond donors (Lipinski definition) is 2. The van der Waals surface area contributed by atoms with Crippen LogP contribution in [0.25, 0.3) is 0 Å². The largest absolute Gasteiger partial charge is 0.315 e. The second kappa shape index (κ2) is 4.30. The van der Waals surface area contributed by atoms with Crippen LogP contribution in [-0.2, 0) is 0 Å². The van der Waals surface area contributed by atoms with E-state index in [4.69, 9.17) is 0 Å². The van der Waals surface area contributed by atoms with Gasteiger partial charge in [0.1, 0.15) is 0 Å². The van der Waals surface area contributed by atoms with Crippen LogP contribution in [-0.4, -0.2) is 25.2 Å². The maximum atomic E-state index is 3.87. The van der Waals surface area contributed by atoms with Gasteiger partial charge in [-0.2, -0.15) is 0 Å². The molecule has 2 fully saturated rings. The first-order chi connectivity index (χ1) is 7.36. The lowest BCUT2D eigenvalue weighted by molar-refractivity contribution is 0.0812. The van der Waals surface area contributed by atoms with Crippen molar-refractivity contribution in [2.75, 3.05) is 13.1 Å². The van der Waals surface area contributed by atoms with E-state index in [0.717, 1.165) is 18.6 Å². The van der Waals surface area contributed by atoms with E-state index in [9.17, 15) is 0 Å². The van der Waals surface area contributed by atoms with Gasteiger partial charge in [0.05, 0.1) is 0 Å². The first kappa shape index (κ1) is 12.4. The van der Waals surface area contributed by atoms with Gasteiger partial charge in [-0.25, -0.2) is 0 Å². The standard InChI is InChI=1S/C14H28N2/c1-13(2)7-12(8-14(3,4)10-13)16-11-5-6-15-9-11/h11-12,15-16H,5-10H2,1-4H3. The minimum Gasteiger partial charge on any atom is -0.315 e. The Morgan fingerprint density at radius 1 is 1.00 bits per heavy atom. The minimum absolute atomic E-state index is 0.505. The molecule has 1 saturated carbocycles. The molecule has 2 rings (SSSR count). The van der Waals surface area contributed by atoms with Crippen molar-refractivity contribution in [3.63, 3.8) is 0 Å². The van der Waals surface area contributed by atoms with Crippen molar-refractivity contribution < 1.29 is 0 Å². The first-order valence-electron chi connectivity index (χ1n) is 6.83. The molecule has 1 saturated heterocycles. The van der Waals surface area contributed by atoms with Crippen LogP contribution in [0, 0.1) is 10.8 Å². The number of nitrogens with one attached hydrogen (secondary N) is 2. The molecule has 1 aliphatic carbocycles. The van der Waals surface area contributed by atoms with Gasteiger partial charge >= 0.3 is 0 Å². The summed E-state index contributed by atoms with van der Waals surface area (Å²) in [5, 5.41) is 7.31. The highest BCUT2D eigenvalue weighted by atomic mass is 15.0. The average Bonchev–Trinajstić information content (AvgIpc) is 2.49. The molecule has 0 aromatic heterocycles. The zero-order valence-electron chi connectivity index (χ0n) is 11.4. The van der Waals surface area contributed by atoms with Crippen molar-refractivity contribution in [1.82, 2.24) is 10.6 Å². The number of hydrogen-bond acceptors (Lipinski definition) is 2. The van der Waals surface area contributed by atoms with Gasteiger partial charge in [0, 0.05) is 18.6 Å². The molecule has 0 spiro atoms. The second-order valence-electron chi connectivity index (χ2n) is 7.47. The Morgan fingerprint density at radius 3 is 2.12 bits per heavy atom. The molecule has 2 nitrogen and oxygen atoms in total. The molecule has 1 atom stereocenters. The molecule has 2 heteroatoms. The maximum absolute atomic E-state index is 3.87. The number of rotatable bonds is 2. The average molecular weight is 224 g/mol. The molecular formula is C14H28N2. The van der Waals surface area contributed by atoms with Crippen LogP contribution in [0.1, 0.15) is 53.4 Å². The van der Waals surface area contributed by atoms with Gasteiger partial charge in [-0.3, -0.25) is 0 Å². The zero-order chi connectivity index (χ0) is 11.8. The third-order valence-electron chi connectivity index (χ3n) is 4.09. The molecule has 94 valence electrons. The molecule has 0 bridgehead atoms. The van der Waals surface area contributed by atoms with Crippen molar-refractivity contribution in [2.24, 2.45) is 10.8 Å². The molecule has 16 heavy (non-hydrogen) atoms. The summed E-state index contributed by atoms with van der Waals surface area (Å²) in [5.74, 6) is 0. The Balaban J connectivity index is 1.93. The van der Waals surface area contributed by atoms with Crippen molar-refractivity contribution in [1.29, 1.82) is 0 Å². The maximum Gasteiger partial charge on any atom is 0.0207 e. The van der Waals surface area contributed by atoms with Crippen LogP contribution in [0.4, 0.5) is 0 Å². The molecule has 1 aliphatic heterocycles. The van der Waals surface area contributed by atoms with Gasteiger partial charge in [-0.1, -0.05) is 27.7 Å². The Morgan fingerprint density at radius 2 is 1.62 bits per heavy atom. The van der Waals surface area contributed by atoms with E-state index in [1.165, 1.54) is 32.2 Å². The lowest BCUT2D eigenvalue weighted by atomic mass is 9.63. The zero-order valence-corrected chi connectivity index (χ0v) is 11.4. The lowest BCUT2D eigenvalue weighted by Gasteiger charge is -2.46. The van der Waals surface area contributed by atoms with E-state index in [1.807, 2.05) is 0 Å². The second-order valence-corrected chi connectivity index (χ2v) is 7.47. The Hall–Kier alpha value is -0.0800. The van der Waals surface area contributed by atoms with E-state index in [0.29, 0.717) is 10.8 Å². The van der Waals surface area contributed by atoms with Crippen LogP contribution in [0.2, 0.25) is 0 Å². The van der Waals surface area contributed by atoms with Crippen molar-refractivity contribution in [2.45, 2.75) is 65.5 Å². The van der Waals surface area contributed by atoms with Gasteiger partial charge in [-0.05, 0) is 43.1 Å². The Labute approximate surface area is 101 Å². The SMILES string of the molecule is CC1(C)CC(NC2CCNC2)CC(C)(C)C1. The molecule has 0 amide bonds. The summed E-state index contributed by atoms with van der Waals surface area (Å²) in [7, 11) is 0. The van der Waals surface area contributed by atoms with E-state index < -0.39 is 0 Å². The van der Waals surface area contributed by atoms with Gasteiger partial charge in [-0.15, -0.1) is 0 Å². The van der Waals surface area contributed by atoms with E-state index in [2.05, 4.69) is 38.3 Å². The molecule has 0 aromatic rings. The van der Waals surface area contributed by atoms with Crippen LogP contribution in [0.5, 0.6) is 0 Å². The molecule has 0 aromatic carbocycles. The summed E-state index contributed by atoms with van der Waals surface area (Å²) in [6.45, 7) is 12.1. The molecule has 0 radical (unpaired) electrons. The van der Waals surface area contributed by atoms with Crippen molar-refractivity contribution >= 4 is 0 Å². The summed E-state index contributed by atoms with van der Waals surface area (Å²) in [4.78, 5) is 0. The third kappa shape index (κ3) is 3.21. The first-order valence-corrected chi connectivity index (χ1v) is 6.83. The summed E-state index contributed by atoms with van der Waals surface area (Å²) in [5.41, 5.74) is 1.01. The summed E-state index contributed by atoms with van der Waals surface area (Å²) in [6, 6.07) is 1.44. The highest BCUT2D eigenvalue weighted by Crippen LogP contribution is 2.45. The van der Waals surface area contributed by atoms with Crippen LogP contribution < -0.4 is 10.6 Å². The minimum atomic E-state index is 0.505. The van der Waals surface area contributed by atoms with Crippen LogP contribution in [0.3, 0.4) is 0 Å². The normalized spacial score (nSPS) is 34.1. The van der Waals surface area contributed by atoms with E-state index in [1.54, 1.807) is 0 Å². The van der Waals surface area contributed by atoms with E-state index in [-0.39, 0.29) is 0 Å². The van der Waals surface area contributed by atoms with Crippen molar-refractivity contribution in [3.8, 4) is 0 Å². The molecule has 2 aliphatic rings.